The minimum absolute atomic E-state index is 0.143. The zero-order valence-electron chi connectivity index (χ0n) is 10.9. The molecule has 2 N–H and O–H groups in total. The molecule has 0 fully saturated rings. The maximum atomic E-state index is 11.7. The summed E-state index contributed by atoms with van der Waals surface area (Å²) in [6, 6.07) is 3.96. The van der Waals surface area contributed by atoms with E-state index in [4.69, 9.17) is 5.73 Å². The predicted octanol–water partition coefficient (Wildman–Crippen LogP) is 2.61. The lowest BCUT2D eigenvalue weighted by Crippen LogP contribution is -2.31. The molecule has 98 valence electrons. The number of amides is 1. The van der Waals surface area contributed by atoms with E-state index in [0.717, 1.165) is 28.4 Å². The number of aryl methyl sites for hydroxylation is 2. The van der Waals surface area contributed by atoms with Gasteiger partial charge in [-0.2, -0.15) is 0 Å². The number of nitrogen functional groups attached to an aromatic ring is 1. The van der Waals surface area contributed by atoms with E-state index < -0.39 is 0 Å². The van der Waals surface area contributed by atoms with Crippen LogP contribution in [0.25, 0.3) is 10.6 Å². The number of fused-ring (bicyclic) bond motifs is 1. The molecule has 19 heavy (non-hydrogen) atoms. The van der Waals surface area contributed by atoms with Crippen molar-refractivity contribution in [3.05, 3.63) is 28.8 Å². The van der Waals surface area contributed by atoms with Crippen LogP contribution in [-0.2, 0) is 11.2 Å². The van der Waals surface area contributed by atoms with Crippen LogP contribution in [0.15, 0.2) is 17.5 Å². The van der Waals surface area contributed by atoms with Gasteiger partial charge in [0.25, 0.3) is 0 Å². The Morgan fingerprint density at radius 3 is 2.84 bits per heavy atom. The van der Waals surface area contributed by atoms with E-state index in [1.54, 1.807) is 23.3 Å². The zero-order valence-corrected chi connectivity index (χ0v) is 11.8. The number of carbonyl (C=O) groups is 1. The van der Waals surface area contributed by atoms with Crippen LogP contribution in [0.3, 0.4) is 0 Å². The molecule has 0 aliphatic carbocycles. The van der Waals surface area contributed by atoms with Gasteiger partial charge in [0.2, 0.25) is 5.91 Å². The summed E-state index contributed by atoms with van der Waals surface area (Å²) in [4.78, 5) is 17.9. The lowest BCUT2D eigenvalue weighted by Gasteiger charge is -2.26. The first-order valence-electron chi connectivity index (χ1n) is 6.17. The van der Waals surface area contributed by atoms with Gasteiger partial charge in [-0.25, -0.2) is 4.98 Å². The molecule has 1 aromatic carbocycles. The van der Waals surface area contributed by atoms with E-state index in [2.05, 4.69) is 11.1 Å². The summed E-state index contributed by atoms with van der Waals surface area (Å²) in [5.74, 6) is 0.143. The van der Waals surface area contributed by atoms with E-state index >= 15 is 0 Å². The molecule has 5 heteroatoms. The Morgan fingerprint density at radius 1 is 1.37 bits per heavy atom. The van der Waals surface area contributed by atoms with Crippen molar-refractivity contribution >= 4 is 28.6 Å². The Morgan fingerprint density at radius 2 is 2.16 bits per heavy atom. The van der Waals surface area contributed by atoms with Gasteiger partial charge in [0.1, 0.15) is 5.01 Å². The van der Waals surface area contributed by atoms with E-state index in [-0.39, 0.29) is 5.91 Å². The number of benzene rings is 1. The molecular formula is C14H15N3OS. The van der Waals surface area contributed by atoms with Crippen LogP contribution in [0.4, 0.5) is 11.4 Å². The second-order valence-electron chi connectivity index (χ2n) is 4.81. The summed E-state index contributed by atoms with van der Waals surface area (Å²) in [5, 5.41) is 2.96. The van der Waals surface area contributed by atoms with Crippen molar-refractivity contribution < 1.29 is 4.79 Å². The number of rotatable bonds is 1. The summed E-state index contributed by atoms with van der Waals surface area (Å²) < 4.78 is 0. The van der Waals surface area contributed by atoms with Crippen molar-refractivity contribution in [3.8, 4) is 10.6 Å². The van der Waals surface area contributed by atoms with E-state index in [9.17, 15) is 4.79 Å². The zero-order chi connectivity index (χ0) is 13.6. The number of hydrogen-bond acceptors (Lipinski definition) is 4. The molecule has 1 aliphatic rings. The third-order valence-electron chi connectivity index (χ3n) is 3.44. The molecule has 3 rings (SSSR count). The van der Waals surface area contributed by atoms with Crippen LogP contribution in [0.2, 0.25) is 0 Å². The number of hydrogen-bond donors (Lipinski definition) is 1. The molecule has 0 radical (unpaired) electrons. The van der Waals surface area contributed by atoms with E-state index in [0.29, 0.717) is 12.1 Å². The predicted molar refractivity (Wildman–Crippen MR) is 78.4 cm³/mol. The minimum Gasteiger partial charge on any atom is -0.398 e. The quantitative estimate of drug-likeness (QED) is 0.812. The van der Waals surface area contributed by atoms with Gasteiger partial charge in [0.05, 0.1) is 0 Å². The van der Waals surface area contributed by atoms with Gasteiger partial charge < -0.3 is 10.6 Å². The SMILES string of the molecule is Cc1csc(-c2cc3c(cc2N)N(C)C(=O)CC3)n1. The summed E-state index contributed by atoms with van der Waals surface area (Å²) in [6.45, 7) is 1.97. The Bertz CT molecular complexity index is 663. The molecule has 1 aliphatic heterocycles. The molecule has 2 heterocycles. The maximum Gasteiger partial charge on any atom is 0.227 e. The maximum absolute atomic E-state index is 11.7. The molecule has 1 aromatic heterocycles. The Labute approximate surface area is 115 Å². The lowest BCUT2D eigenvalue weighted by molar-refractivity contribution is -0.118. The molecule has 1 amide bonds. The lowest BCUT2D eigenvalue weighted by atomic mass is 9.98. The normalized spacial score (nSPS) is 14.6. The largest absolute Gasteiger partial charge is 0.398 e. The first-order chi connectivity index (χ1) is 9.06. The number of thiazole rings is 1. The average Bonchev–Trinajstić information content (AvgIpc) is 2.81. The molecule has 2 aromatic rings. The molecule has 0 saturated carbocycles. The number of anilines is 2. The van der Waals surface area contributed by atoms with Crippen molar-refractivity contribution in [3.63, 3.8) is 0 Å². The fourth-order valence-corrected chi connectivity index (χ4v) is 3.20. The number of aromatic nitrogens is 1. The van der Waals surface area contributed by atoms with Crippen molar-refractivity contribution in [1.29, 1.82) is 0 Å². The number of nitrogens with two attached hydrogens (primary N) is 1. The van der Waals surface area contributed by atoms with Crippen LogP contribution in [-0.4, -0.2) is 17.9 Å². The van der Waals surface area contributed by atoms with Crippen LogP contribution < -0.4 is 10.6 Å². The molecule has 0 saturated heterocycles. The second kappa shape index (κ2) is 4.35. The third kappa shape index (κ3) is 2.00. The standard InChI is InChI=1S/C14H15N3OS/c1-8-7-19-14(16-8)10-5-9-3-4-13(18)17(2)12(9)6-11(10)15/h5-7H,3-4,15H2,1-2H3. The van der Waals surface area contributed by atoms with Crippen LogP contribution in [0.5, 0.6) is 0 Å². The Balaban J connectivity index is 2.12. The minimum atomic E-state index is 0.143. The van der Waals surface area contributed by atoms with Crippen molar-refractivity contribution in [1.82, 2.24) is 4.98 Å². The van der Waals surface area contributed by atoms with Gasteiger partial charge in [0.15, 0.2) is 0 Å². The highest BCUT2D eigenvalue weighted by atomic mass is 32.1. The van der Waals surface area contributed by atoms with E-state index in [1.165, 1.54) is 5.56 Å². The highest BCUT2D eigenvalue weighted by Crippen LogP contribution is 2.36. The van der Waals surface area contributed by atoms with Gasteiger partial charge in [-0.3, -0.25) is 4.79 Å². The summed E-state index contributed by atoms with van der Waals surface area (Å²) in [5.41, 5.74) is 10.9. The van der Waals surface area contributed by atoms with Crippen molar-refractivity contribution in [2.75, 3.05) is 17.7 Å². The molecular weight excluding hydrogens is 258 g/mol. The number of carbonyl (C=O) groups excluding carboxylic acids is 1. The highest BCUT2D eigenvalue weighted by Gasteiger charge is 2.22. The topological polar surface area (TPSA) is 59.2 Å². The number of nitrogens with zero attached hydrogens (tertiary/aromatic N) is 2. The van der Waals surface area contributed by atoms with Crippen LogP contribution in [0.1, 0.15) is 17.7 Å². The first kappa shape index (κ1) is 12.2. The molecule has 0 atom stereocenters. The average molecular weight is 273 g/mol. The van der Waals surface area contributed by atoms with Gasteiger partial charge >= 0.3 is 0 Å². The Hall–Kier alpha value is -1.88. The fraction of sp³-hybridized carbons (Fsp3) is 0.286. The second-order valence-corrected chi connectivity index (χ2v) is 5.67. The van der Waals surface area contributed by atoms with E-state index in [1.807, 2.05) is 18.4 Å². The van der Waals surface area contributed by atoms with Gasteiger partial charge in [-0.05, 0) is 31.0 Å². The molecule has 0 unspecified atom stereocenters. The van der Waals surface area contributed by atoms with Crippen LogP contribution >= 0.6 is 11.3 Å². The first-order valence-corrected chi connectivity index (χ1v) is 7.05. The third-order valence-corrected chi connectivity index (χ3v) is 4.44. The highest BCUT2D eigenvalue weighted by molar-refractivity contribution is 7.13. The summed E-state index contributed by atoms with van der Waals surface area (Å²) in [6.07, 6.45) is 1.33. The smallest absolute Gasteiger partial charge is 0.227 e. The van der Waals surface area contributed by atoms with Crippen molar-refractivity contribution in [2.24, 2.45) is 0 Å². The van der Waals surface area contributed by atoms with Crippen molar-refractivity contribution in [2.45, 2.75) is 19.8 Å². The molecule has 0 bridgehead atoms. The van der Waals surface area contributed by atoms with Crippen LogP contribution in [0, 0.1) is 6.92 Å². The monoisotopic (exact) mass is 273 g/mol. The molecule has 0 spiro atoms. The van der Waals surface area contributed by atoms with Gasteiger partial charge in [0, 0.05) is 41.5 Å². The summed E-state index contributed by atoms with van der Waals surface area (Å²) >= 11 is 1.60. The van der Waals surface area contributed by atoms with Gasteiger partial charge in [-0.1, -0.05) is 0 Å². The molecule has 4 nitrogen and oxygen atoms in total. The summed E-state index contributed by atoms with van der Waals surface area (Å²) in [7, 11) is 1.80. The van der Waals surface area contributed by atoms with Gasteiger partial charge in [-0.15, -0.1) is 11.3 Å². The fourth-order valence-electron chi connectivity index (χ4n) is 2.37. The Kier molecular flexibility index (Phi) is 2.78.